The molecule has 1 heterocycles. The topological polar surface area (TPSA) is 113 Å². The van der Waals surface area contributed by atoms with Gasteiger partial charge in [0.2, 0.25) is 5.95 Å². The Balaban J connectivity index is 2.22. The van der Waals surface area contributed by atoms with Gasteiger partial charge in [-0.05, 0) is 11.5 Å². The summed E-state index contributed by atoms with van der Waals surface area (Å²) in [4.78, 5) is 17.6. The highest BCUT2D eigenvalue weighted by Crippen LogP contribution is 2.30. The number of rotatable bonds is 8. The van der Waals surface area contributed by atoms with E-state index in [0.29, 0.717) is 5.56 Å². The summed E-state index contributed by atoms with van der Waals surface area (Å²) < 4.78 is 39.5. The van der Waals surface area contributed by atoms with Gasteiger partial charge in [0.15, 0.2) is 5.69 Å². The van der Waals surface area contributed by atoms with Gasteiger partial charge in [-0.1, -0.05) is 26.0 Å². The van der Waals surface area contributed by atoms with E-state index in [1.807, 2.05) is 0 Å². The van der Waals surface area contributed by atoms with Crippen LogP contribution >= 0.6 is 0 Å². The van der Waals surface area contributed by atoms with Crippen LogP contribution in [0, 0.1) is 16.0 Å². The summed E-state index contributed by atoms with van der Waals surface area (Å²) in [5.41, 5.74) is -0.584. The third-order valence-corrected chi connectivity index (χ3v) is 3.95. The molecule has 0 saturated carbocycles. The Morgan fingerprint density at radius 1 is 1.21 bits per heavy atom. The van der Waals surface area contributed by atoms with E-state index in [4.69, 9.17) is 0 Å². The lowest BCUT2D eigenvalue weighted by molar-refractivity contribution is -0.384. The van der Waals surface area contributed by atoms with Crippen molar-refractivity contribution in [1.29, 1.82) is 0 Å². The first kappa shape index (κ1) is 21.4. The van der Waals surface area contributed by atoms with Crippen LogP contribution in [0.4, 0.5) is 30.6 Å². The second kappa shape index (κ2) is 8.83. The fourth-order valence-corrected chi connectivity index (χ4v) is 2.26. The molecular weight excluding hydrogens is 379 g/mol. The summed E-state index contributed by atoms with van der Waals surface area (Å²) in [7, 11) is 0. The first-order valence-electron chi connectivity index (χ1n) is 8.41. The van der Waals surface area contributed by atoms with Crippen LogP contribution in [-0.4, -0.2) is 32.6 Å². The van der Waals surface area contributed by atoms with E-state index in [1.165, 1.54) is 24.3 Å². The molecule has 0 unspecified atom stereocenters. The number of nitro groups is 1. The second-order valence-electron chi connectivity index (χ2n) is 6.41. The standard InChI is InChI=1S/C17H20F3N5O3/c1-10(2)13(9-26)22-16-23-14(17(18,19)20)7-15(24-16)21-8-11-3-5-12(6-4-11)25(27)28/h3-7,10,13,26H,8-9H2,1-2H3,(H2,21,22,23,24)/t13-/m1/s1. The molecule has 0 bridgehead atoms. The number of hydrogen-bond donors (Lipinski definition) is 3. The van der Waals surface area contributed by atoms with Crippen LogP contribution < -0.4 is 10.6 Å². The van der Waals surface area contributed by atoms with Crippen LogP contribution in [-0.2, 0) is 12.7 Å². The largest absolute Gasteiger partial charge is 0.433 e. The average molecular weight is 399 g/mol. The number of anilines is 2. The zero-order chi connectivity index (χ0) is 20.9. The van der Waals surface area contributed by atoms with Gasteiger partial charge in [-0.25, -0.2) is 4.98 Å². The molecule has 0 radical (unpaired) electrons. The smallest absolute Gasteiger partial charge is 0.394 e. The molecule has 2 rings (SSSR count). The third kappa shape index (κ3) is 5.78. The lowest BCUT2D eigenvalue weighted by Crippen LogP contribution is -2.30. The van der Waals surface area contributed by atoms with Crippen molar-refractivity contribution < 1.29 is 23.2 Å². The van der Waals surface area contributed by atoms with E-state index in [2.05, 4.69) is 20.6 Å². The van der Waals surface area contributed by atoms with Crippen molar-refractivity contribution in [3.05, 3.63) is 51.7 Å². The number of aliphatic hydroxyl groups is 1. The molecule has 0 amide bonds. The first-order valence-corrected chi connectivity index (χ1v) is 8.41. The van der Waals surface area contributed by atoms with Crippen molar-refractivity contribution in [3.63, 3.8) is 0 Å². The van der Waals surface area contributed by atoms with Crippen molar-refractivity contribution in [3.8, 4) is 0 Å². The van der Waals surface area contributed by atoms with E-state index in [1.54, 1.807) is 13.8 Å². The molecule has 0 spiro atoms. The third-order valence-electron chi connectivity index (χ3n) is 3.95. The molecule has 0 aliphatic carbocycles. The van der Waals surface area contributed by atoms with Crippen LogP contribution in [0.25, 0.3) is 0 Å². The van der Waals surface area contributed by atoms with Crippen molar-refractivity contribution in [2.45, 2.75) is 32.6 Å². The lowest BCUT2D eigenvalue weighted by Gasteiger charge is -2.21. The molecule has 1 aromatic carbocycles. The Kier molecular flexibility index (Phi) is 6.73. The monoisotopic (exact) mass is 399 g/mol. The number of aromatic nitrogens is 2. The summed E-state index contributed by atoms with van der Waals surface area (Å²) in [5, 5.41) is 25.5. The quantitative estimate of drug-likeness (QED) is 0.460. The van der Waals surface area contributed by atoms with Crippen LogP contribution in [0.5, 0.6) is 0 Å². The number of nitrogens with one attached hydrogen (secondary N) is 2. The summed E-state index contributed by atoms with van der Waals surface area (Å²) >= 11 is 0. The number of non-ortho nitro benzene ring substituents is 1. The number of aliphatic hydroxyl groups excluding tert-OH is 1. The summed E-state index contributed by atoms with van der Waals surface area (Å²) in [5.74, 6) is -0.378. The second-order valence-corrected chi connectivity index (χ2v) is 6.41. The van der Waals surface area contributed by atoms with E-state index >= 15 is 0 Å². The minimum atomic E-state index is -4.67. The summed E-state index contributed by atoms with van der Waals surface area (Å²) in [6.45, 7) is 3.42. The van der Waals surface area contributed by atoms with Gasteiger partial charge in [0, 0.05) is 24.7 Å². The van der Waals surface area contributed by atoms with E-state index in [0.717, 1.165) is 6.07 Å². The van der Waals surface area contributed by atoms with Gasteiger partial charge in [0.05, 0.1) is 17.6 Å². The zero-order valence-corrected chi connectivity index (χ0v) is 15.2. The minimum absolute atomic E-state index is 0.0559. The number of halogens is 3. The fourth-order valence-electron chi connectivity index (χ4n) is 2.26. The van der Waals surface area contributed by atoms with Crippen molar-refractivity contribution in [2.75, 3.05) is 17.2 Å². The summed E-state index contributed by atoms with van der Waals surface area (Å²) in [6.07, 6.45) is -4.67. The van der Waals surface area contributed by atoms with Crippen molar-refractivity contribution >= 4 is 17.5 Å². The normalized spacial score (nSPS) is 12.7. The van der Waals surface area contributed by atoms with E-state index in [-0.39, 0.29) is 36.5 Å². The van der Waals surface area contributed by atoms with Crippen LogP contribution in [0.3, 0.4) is 0 Å². The lowest BCUT2D eigenvalue weighted by atomic mass is 10.1. The van der Waals surface area contributed by atoms with Crippen LogP contribution in [0.15, 0.2) is 30.3 Å². The maximum atomic E-state index is 13.2. The SMILES string of the molecule is CC(C)[C@@H](CO)Nc1nc(NCc2ccc([N+](=O)[O-])cc2)cc(C(F)(F)F)n1. The number of hydrogen-bond acceptors (Lipinski definition) is 7. The van der Waals surface area contributed by atoms with Crippen molar-refractivity contribution in [1.82, 2.24) is 9.97 Å². The number of nitrogens with zero attached hydrogens (tertiary/aromatic N) is 3. The predicted molar refractivity (Wildman–Crippen MR) is 96.8 cm³/mol. The molecule has 0 fully saturated rings. The number of benzene rings is 1. The fraction of sp³-hybridized carbons (Fsp3) is 0.412. The van der Waals surface area contributed by atoms with Gasteiger partial charge < -0.3 is 15.7 Å². The maximum absolute atomic E-state index is 13.2. The maximum Gasteiger partial charge on any atom is 0.433 e. The molecule has 2 aromatic rings. The van der Waals surface area contributed by atoms with E-state index < -0.39 is 22.8 Å². The summed E-state index contributed by atoms with van der Waals surface area (Å²) in [6, 6.07) is 5.87. The molecular formula is C17H20F3N5O3. The van der Waals surface area contributed by atoms with Gasteiger partial charge in [-0.3, -0.25) is 10.1 Å². The molecule has 8 nitrogen and oxygen atoms in total. The highest BCUT2D eigenvalue weighted by atomic mass is 19.4. The Morgan fingerprint density at radius 3 is 2.36 bits per heavy atom. The highest BCUT2D eigenvalue weighted by molar-refractivity contribution is 5.44. The van der Waals surface area contributed by atoms with Gasteiger partial charge >= 0.3 is 6.18 Å². The Labute approximate surface area is 159 Å². The molecule has 28 heavy (non-hydrogen) atoms. The first-order chi connectivity index (χ1) is 13.1. The predicted octanol–water partition coefficient (Wildman–Crippen LogP) is 3.44. The Hall–Kier alpha value is -2.95. The molecule has 3 N–H and O–H groups in total. The molecule has 0 saturated heterocycles. The van der Waals surface area contributed by atoms with Gasteiger partial charge in [-0.2, -0.15) is 18.2 Å². The highest BCUT2D eigenvalue weighted by Gasteiger charge is 2.34. The molecule has 152 valence electrons. The molecule has 11 heteroatoms. The average Bonchev–Trinajstić information content (AvgIpc) is 2.63. The number of nitro benzene ring substituents is 1. The van der Waals surface area contributed by atoms with Crippen molar-refractivity contribution in [2.24, 2.45) is 5.92 Å². The van der Waals surface area contributed by atoms with Crippen LogP contribution in [0.2, 0.25) is 0 Å². The Morgan fingerprint density at radius 2 is 1.86 bits per heavy atom. The van der Waals surface area contributed by atoms with Gasteiger partial charge in [0.1, 0.15) is 5.82 Å². The number of alkyl halides is 3. The van der Waals surface area contributed by atoms with E-state index in [9.17, 15) is 28.4 Å². The molecule has 0 aliphatic heterocycles. The van der Waals surface area contributed by atoms with Gasteiger partial charge in [-0.15, -0.1) is 0 Å². The molecule has 1 aromatic heterocycles. The minimum Gasteiger partial charge on any atom is -0.394 e. The Bertz CT molecular complexity index is 813. The zero-order valence-electron chi connectivity index (χ0n) is 15.2. The van der Waals surface area contributed by atoms with Crippen LogP contribution in [0.1, 0.15) is 25.1 Å². The molecule has 1 atom stereocenters. The molecule has 0 aliphatic rings. The van der Waals surface area contributed by atoms with Gasteiger partial charge in [0.25, 0.3) is 5.69 Å².